The molecule has 0 saturated carbocycles. The second kappa shape index (κ2) is 4.71. The summed E-state index contributed by atoms with van der Waals surface area (Å²) in [6.45, 7) is 7.04. The van der Waals surface area contributed by atoms with Crippen LogP contribution in [0.3, 0.4) is 0 Å². The molecule has 98 valence electrons. The number of hydrogen-bond acceptors (Lipinski definition) is 3. The van der Waals surface area contributed by atoms with Gasteiger partial charge < -0.3 is 15.4 Å². The van der Waals surface area contributed by atoms with Crippen molar-refractivity contribution in [2.24, 2.45) is 11.1 Å². The van der Waals surface area contributed by atoms with E-state index in [1.54, 1.807) is 6.20 Å². The van der Waals surface area contributed by atoms with Crippen LogP contribution < -0.4 is 5.73 Å². The van der Waals surface area contributed by atoms with Crippen molar-refractivity contribution in [2.75, 3.05) is 0 Å². The monoisotopic (exact) mass is 247 g/mol. The Morgan fingerprint density at radius 3 is 2.78 bits per heavy atom. The Balaban J connectivity index is 2.43. The van der Waals surface area contributed by atoms with Gasteiger partial charge in [-0.2, -0.15) is 0 Å². The summed E-state index contributed by atoms with van der Waals surface area (Å²) in [6.07, 6.45) is 1.77. The molecule has 4 heteroatoms. The summed E-state index contributed by atoms with van der Waals surface area (Å²) >= 11 is 0. The quantitative estimate of drug-likeness (QED) is 0.870. The maximum Gasteiger partial charge on any atom is 0.140 e. The van der Waals surface area contributed by atoms with E-state index >= 15 is 0 Å². The Hall–Kier alpha value is -1.39. The van der Waals surface area contributed by atoms with Gasteiger partial charge in [0.15, 0.2) is 0 Å². The predicted molar refractivity (Wildman–Crippen MR) is 73.1 cm³/mol. The smallest absolute Gasteiger partial charge is 0.140 e. The van der Waals surface area contributed by atoms with Crippen molar-refractivity contribution in [3.8, 4) is 0 Å². The van der Waals surface area contributed by atoms with Crippen molar-refractivity contribution < 1.29 is 5.11 Å². The van der Waals surface area contributed by atoms with Crippen LogP contribution in [0.1, 0.15) is 26.5 Å². The van der Waals surface area contributed by atoms with E-state index in [4.69, 9.17) is 5.73 Å². The second-order valence-corrected chi connectivity index (χ2v) is 5.79. The van der Waals surface area contributed by atoms with E-state index in [-0.39, 0.29) is 18.1 Å². The first-order valence-electron chi connectivity index (χ1n) is 6.23. The first-order valence-corrected chi connectivity index (χ1v) is 6.23. The fraction of sp³-hybridized carbons (Fsp3) is 0.500. The molecule has 0 aliphatic carbocycles. The van der Waals surface area contributed by atoms with Crippen LogP contribution in [0.15, 0.2) is 24.4 Å². The van der Waals surface area contributed by atoms with E-state index in [1.165, 1.54) is 0 Å². The van der Waals surface area contributed by atoms with E-state index in [9.17, 15) is 5.11 Å². The molecule has 2 aromatic heterocycles. The van der Waals surface area contributed by atoms with Gasteiger partial charge in [-0.25, -0.2) is 4.98 Å². The molecule has 1 unspecified atom stereocenters. The fourth-order valence-corrected chi connectivity index (χ4v) is 1.95. The Bertz CT molecular complexity index is 539. The fourth-order valence-electron chi connectivity index (χ4n) is 1.95. The maximum absolute atomic E-state index is 9.45. The normalized spacial score (nSPS) is 14.1. The van der Waals surface area contributed by atoms with Gasteiger partial charge in [0, 0.05) is 29.9 Å². The summed E-state index contributed by atoms with van der Waals surface area (Å²) in [7, 11) is 0. The maximum atomic E-state index is 9.45. The zero-order chi connectivity index (χ0) is 13.3. The lowest BCUT2D eigenvalue weighted by Crippen LogP contribution is -2.39. The molecule has 0 radical (unpaired) electrons. The average molecular weight is 247 g/mol. The molecular formula is C14H21N3O. The molecule has 2 rings (SSSR count). The van der Waals surface area contributed by atoms with Crippen LogP contribution >= 0.6 is 0 Å². The van der Waals surface area contributed by atoms with Crippen LogP contribution in [0, 0.1) is 5.41 Å². The minimum Gasteiger partial charge on any atom is -0.390 e. The number of hydrogen-bond donors (Lipinski definition) is 2. The molecule has 0 fully saturated rings. The molecule has 0 saturated heterocycles. The van der Waals surface area contributed by atoms with Gasteiger partial charge in [0.05, 0.1) is 6.61 Å². The molecule has 4 nitrogen and oxygen atoms in total. The second-order valence-electron chi connectivity index (χ2n) is 5.79. The summed E-state index contributed by atoms with van der Waals surface area (Å²) in [5.41, 5.74) is 8.01. The van der Waals surface area contributed by atoms with Crippen molar-refractivity contribution in [3.63, 3.8) is 0 Å². The van der Waals surface area contributed by atoms with E-state index < -0.39 is 0 Å². The molecule has 3 N–H and O–H groups in total. The molecule has 2 heterocycles. The molecule has 0 bridgehead atoms. The molecule has 0 aliphatic rings. The minimum atomic E-state index is 0.00717. The van der Waals surface area contributed by atoms with E-state index in [0.717, 1.165) is 16.7 Å². The Labute approximate surface area is 107 Å². The highest BCUT2D eigenvalue weighted by Crippen LogP contribution is 2.23. The molecule has 2 aromatic rings. The summed E-state index contributed by atoms with van der Waals surface area (Å²) in [6, 6.07) is 5.89. The van der Waals surface area contributed by atoms with E-state index in [2.05, 4.69) is 25.8 Å². The summed E-state index contributed by atoms with van der Waals surface area (Å²) in [4.78, 5) is 4.38. The number of aliphatic hydroxyl groups excluding tert-OH is 1. The van der Waals surface area contributed by atoms with Gasteiger partial charge in [0.25, 0.3) is 0 Å². The van der Waals surface area contributed by atoms with Crippen LogP contribution in [-0.2, 0) is 13.2 Å². The van der Waals surface area contributed by atoms with Crippen LogP contribution in [0.5, 0.6) is 0 Å². The zero-order valence-electron chi connectivity index (χ0n) is 11.2. The van der Waals surface area contributed by atoms with Crippen molar-refractivity contribution in [1.29, 1.82) is 0 Å². The molecule has 0 aliphatic heterocycles. The highest BCUT2D eigenvalue weighted by atomic mass is 16.3. The van der Waals surface area contributed by atoms with Gasteiger partial charge >= 0.3 is 0 Å². The number of nitrogens with zero attached hydrogens (tertiary/aromatic N) is 2. The topological polar surface area (TPSA) is 64.1 Å². The summed E-state index contributed by atoms with van der Waals surface area (Å²) < 4.78 is 2.02. The third-order valence-electron chi connectivity index (χ3n) is 3.39. The van der Waals surface area contributed by atoms with E-state index in [1.807, 2.05) is 22.8 Å². The standard InChI is InChI=1S/C14H21N3O/c1-14(2,3)12(15)8-17-11(9-18)7-10-5-4-6-16-13(10)17/h4-7,12,18H,8-9,15H2,1-3H3. The van der Waals surface area contributed by atoms with Gasteiger partial charge in [0.2, 0.25) is 0 Å². The van der Waals surface area contributed by atoms with Gasteiger partial charge in [-0.15, -0.1) is 0 Å². The molecule has 0 aromatic carbocycles. The van der Waals surface area contributed by atoms with Crippen LogP contribution in [-0.4, -0.2) is 20.7 Å². The number of fused-ring (bicyclic) bond motifs is 1. The predicted octanol–water partition coefficient (Wildman–Crippen LogP) is 1.90. The lowest BCUT2D eigenvalue weighted by Gasteiger charge is -2.28. The summed E-state index contributed by atoms with van der Waals surface area (Å²) in [5.74, 6) is 0. The van der Waals surface area contributed by atoms with Gasteiger partial charge in [-0.3, -0.25) is 0 Å². The van der Waals surface area contributed by atoms with Gasteiger partial charge in [-0.05, 0) is 23.6 Å². The van der Waals surface area contributed by atoms with Crippen molar-refractivity contribution in [3.05, 3.63) is 30.1 Å². The highest BCUT2D eigenvalue weighted by Gasteiger charge is 2.22. The number of pyridine rings is 1. The largest absolute Gasteiger partial charge is 0.390 e. The minimum absolute atomic E-state index is 0.00717. The molecule has 18 heavy (non-hydrogen) atoms. The zero-order valence-corrected chi connectivity index (χ0v) is 11.2. The number of aromatic nitrogens is 2. The average Bonchev–Trinajstić information content (AvgIpc) is 2.66. The van der Waals surface area contributed by atoms with Crippen molar-refractivity contribution >= 4 is 11.0 Å². The molecule has 0 spiro atoms. The van der Waals surface area contributed by atoms with E-state index in [0.29, 0.717) is 6.54 Å². The highest BCUT2D eigenvalue weighted by molar-refractivity contribution is 5.77. The third-order valence-corrected chi connectivity index (χ3v) is 3.39. The van der Waals surface area contributed by atoms with Crippen LogP contribution in [0.4, 0.5) is 0 Å². The van der Waals surface area contributed by atoms with Crippen LogP contribution in [0.25, 0.3) is 11.0 Å². The van der Waals surface area contributed by atoms with Crippen LogP contribution in [0.2, 0.25) is 0 Å². The first kappa shape index (κ1) is 13.1. The van der Waals surface area contributed by atoms with Gasteiger partial charge in [-0.1, -0.05) is 20.8 Å². The van der Waals surface area contributed by atoms with Crippen molar-refractivity contribution in [2.45, 2.75) is 40.0 Å². The Morgan fingerprint density at radius 2 is 2.17 bits per heavy atom. The van der Waals surface area contributed by atoms with Gasteiger partial charge in [0.1, 0.15) is 5.65 Å². The Morgan fingerprint density at radius 1 is 1.44 bits per heavy atom. The third kappa shape index (κ3) is 2.40. The van der Waals surface area contributed by atoms with Crippen molar-refractivity contribution in [1.82, 2.24) is 9.55 Å². The lowest BCUT2D eigenvalue weighted by atomic mass is 9.87. The first-order chi connectivity index (χ1) is 8.43. The SMILES string of the molecule is CC(C)(C)C(N)Cn1c(CO)cc2cccnc21. The molecule has 0 amide bonds. The number of rotatable bonds is 3. The molecule has 1 atom stereocenters. The Kier molecular flexibility index (Phi) is 3.41. The summed E-state index contributed by atoms with van der Waals surface area (Å²) in [5, 5.41) is 10.5. The number of nitrogens with two attached hydrogens (primary N) is 1. The molecular weight excluding hydrogens is 226 g/mol. The number of aliphatic hydroxyl groups is 1. The lowest BCUT2D eigenvalue weighted by molar-refractivity contribution is 0.257.